The van der Waals surface area contributed by atoms with Crippen molar-refractivity contribution in [1.82, 2.24) is 5.32 Å². The van der Waals surface area contributed by atoms with Crippen LogP contribution in [-0.4, -0.2) is 17.5 Å². The average molecular weight is 221 g/mol. The Hall–Kier alpha value is -0.470. The monoisotopic (exact) mass is 221 g/mol. The Labute approximate surface area is 96.7 Å². The fourth-order valence-electron chi connectivity index (χ4n) is 2.06. The van der Waals surface area contributed by atoms with Crippen LogP contribution in [0.4, 0.5) is 0 Å². The van der Waals surface area contributed by atoms with E-state index < -0.39 is 0 Å². The minimum atomic E-state index is 0.481. The van der Waals surface area contributed by atoms with E-state index in [1.807, 2.05) is 0 Å². The van der Waals surface area contributed by atoms with Gasteiger partial charge in [-0.05, 0) is 31.1 Å². The Kier molecular flexibility index (Phi) is 4.09. The van der Waals surface area contributed by atoms with Gasteiger partial charge in [-0.1, -0.05) is 30.3 Å². The minimum absolute atomic E-state index is 0.481. The first-order chi connectivity index (χ1) is 7.36. The lowest BCUT2D eigenvalue weighted by Crippen LogP contribution is -2.35. The molecule has 0 bridgehead atoms. The summed E-state index contributed by atoms with van der Waals surface area (Å²) in [6, 6.07) is 11.9. The van der Waals surface area contributed by atoms with Crippen molar-refractivity contribution < 1.29 is 0 Å². The molecule has 0 aromatic heterocycles. The van der Waals surface area contributed by atoms with Gasteiger partial charge >= 0.3 is 0 Å². The largest absolute Gasteiger partial charge is 0.307 e. The molecule has 2 heteroatoms. The Morgan fingerprint density at radius 1 is 1.33 bits per heavy atom. The van der Waals surface area contributed by atoms with Crippen LogP contribution < -0.4 is 5.32 Å². The standard InChI is InChI=1S/C13H19NS/c1-11(12-6-3-2-4-7-12)14-13-8-5-9-15-10-13/h2-4,6-7,11,13-14H,5,8-10H2,1H3/t11-,13?/m0/s1. The third kappa shape index (κ3) is 3.25. The van der Waals surface area contributed by atoms with Crippen LogP contribution in [0.25, 0.3) is 0 Å². The molecule has 1 unspecified atom stereocenters. The summed E-state index contributed by atoms with van der Waals surface area (Å²) in [5, 5.41) is 3.71. The fourth-order valence-corrected chi connectivity index (χ4v) is 3.15. The van der Waals surface area contributed by atoms with Crippen molar-refractivity contribution in [3.05, 3.63) is 35.9 Å². The first-order valence-electron chi connectivity index (χ1n) is 5.75. The lowest BCUT2D eigenvalue weighted by Gasteiger charge is -2.26. The number of hydrogen-bond acceptors (Lipinski definition) is 2. The molecule has 1 aliphatic rings. The molecule has 1 heterocycles. The molecule has 15 heavy (non-hydrogen) atoms. The lowest BCUT2D eigenvalue weighted by atomic mass is 10.1. The summed E-state index contributed by atoms with van der Waals surface area (Å²) >= 11 is 2.08. The van der Waals surface area contributed by atoms with Crippen LogP contribution in [0.3, 0.4) is 0 Å². The summed E-state index contributed by atoms with van der Waals surface area (Å²) in [6.45, 7) is 2.26. The summed E-state index contributed by atoms with van der Waals surface area (Å²) in [5.41, 5.74) is 1.40. The molecule has 0 radical (unpaired) electrons. The zero-order chi connectivity index (χ0) is 10.5. The molecule has 0 amide bonds. The SMILES string of the molecule is C[C@H](NC1CCCSC1)c1ccccc1. The van der Waals surface area contributed by atoms with Crippen LogP contribution in [0.5, 0.6) is 0 Å². The van der Waals surface area contributed by atoms with Gasteiger partial charge in [-0.15, -0.1) is 0 Å². The molecule has 1 fully saturated rings. The molecule has 1 aliphatic heterocycles. The molecule has 1 saturated heterocycles. The number of rotatable bonds is 3. The quantitative estimate of drug-likeness (QED) is 0.841. The normalized spacial score (nSPS) is 23.7. The van der Waals surface area contributed by atoms with Gasteiger partial charge in [-0.3, -0.25) is 0 Å². The first kappa shape index (κ1) is 11.0. The smallest absolute Gasteiger partial charge is 0.0294 e. The zero-order valence-electron chi connectivity index (χ0n) is 9.28. The van der Waals surface area contributed by atoms with E-state index in [4.69, 9.17) is 0 Å². The number of hydrogen-bond donors (Lipinski definition) is 1. The van der Waals surface area contributed by atoms with Crippen molar-refractivity contribution in [2.75, 3.05) is 11.5 Å². The molecule has 1 nitrogen and oxygen atoms in total. The topological polar surface area (TPSA) is 12.0 Å². The van der Waals surface area contributed by atoms with Gasteiger partial charge in [0, 0.05) is 17.8 Å². The highest BCUT2D eigenvalue weighted by atomic mass is 32.2. The van der Waals surface area contributed by atoms with Crippen LogP contribution in [0.15, 0.2) is 30.3 Å². The molecule has 1 N–H and O–H groups in total. The third-order valence-electron chi connectivity index (χ3n) is 2.95. The minimum Gasteiger partial charge on any atom is -0.307 e. The van der Waals surface area contributed by atoms with E-state index in [1.54, 1.807) is 0 Å². The maximum atomic E-state index is 3.71. The number of nitrogens with one attached hydrogen (secondary N) is 1. The second-order valence-corrected chi connectivity index (χ2v) is 5.36. The lowest BCUT2D eigenvalue weighted by molar-refractivity contribution is 0.453. The molecular weight excluding hydrogens is 202 g/mol. The molecule has 82 valence electrons. The molecule has 0 saturated carbocycles. The summed E-state index contributed by atoms with van der Waals surface area (Å²) in [4.78, 5) is 0. The molecule has 0 aliphatic carbocycles. The Morgan fingerprint density at radius 3 is 2.80 bits per heavy atom. The highest BCUT2D eigenvalue weighted by Crippen LogP contribution is 2.20. The molecule has 0 spiro atoms. The van der Waals surface area contributed by atoms with Crippen molar-refractivity contribution in [2.45, 2.75) is 31.8 Å². The van der Waals surface area contributed by atoms with E-state index in [0.717, 1.165) is 0 Å². The van der Waals surface area contributed by atoms with Gasteiger partial charge in [0.25, 0.3) is 0 Å². The van der Waals surface area contributed by atoms with Crippen molar-refractivity contribution in [3.8, 4) is 0 Å². The third-order valence-corrected chi connectivity index (χ3v) is 4.16. The maximum Gasteiger partial charge on any atom is 0.0294 e. The fraction of sp³-hybridized carbons (Fsp3) is 0.538. The van der Waals surface area contributed by atoms with Gasteiger partial charge in [-0.25, -0.2) is 0 Å². The van der Waals surface area contributed by atoms with Crippen molar-refractivity contribution in [1.29, 1.82) is 0 Å². The van der Waals surface area contributed by atoms with Crippen LogP contribution in [0.1, 0.15) is 31.4 Å². The Bertz CT molecular complexity index is 280. The van der Waals surface area contributed by atoms with Crippen molar-refractivity contribution in [2.24, 2.45) is 0 Å². The number of benzene rings is 1. The molecule has 2 rings (SSSR count). The molecular formula is C13H19NS. The van der Waals surface area contributed by atoms with Gasteiger partial charge in [0.1, 0.15) is 0 Å². The van der Waals surface area contributed by atoms with Crippen LogP contribution in [0, 0.1) is 0 Å². The van der Waals surface area contributed by atoms with E-state index in [0.29, 0.717) is 12.1 Å². The predicted octanol–water partition coefficient (Wildman–Crippen LogP) is 3.23. The van der Waals surface area contributed by atoms with E-state index in [2.05, 4.69) is 54.3 Å². The van der Waals surface area contributed by atoms with Gasteiger partial charge in [0.05, 0.1) is 0 Å². The van der Waals surface area contributed by atoms with Gasteiger partial charge in [0.2, 0.25) is 0 Å². The van der Waals surface area contributed by atoms with Crippen molar-refractivity contribution >= 4 is 11.8 Å². The number of thioether (sulfide) groups is 1. The summed E-state index contributed by atoms with van der Waals surface area (Å²) < 4.78 is 0. The van der Waals surface area contributed by atoms with E-state index >= 15 is 0 Å². The van der Waals surface area contributed by atoms with Crippen LogP contribution in [0.2, 0.25) is 0 Å². The Balaban J connectivity index is 1.88. The van der Waals surface area contributed by atoms with Gasteiger partial charge in [-0.2, -0.15) is 11.8 Å². The highest BCUT2D eigenvalue weighted by Gasteiger charge is 2.16. The Morgan fingerprint density at radius 2 is 2.13 bits per heavy atom. The van der Waals surface area contributed by atoms with Crippen LogP contribution >= 0.6 is 11.8 Å². The average Bonchev–Trinajstić information content (AvgIpc) is 2.31. The van der Waals surface area contributed by atoms with Gasteiger partial charge < -0.3 is 5.32 Å². The van der Waals surface area contributed by atoms with E-state index in [9.17, 15) is 0 Å². The molecule has 1 aromatic rings. The molecule has 2 atom stereocenters. The van der Waals surface area contributed by atoms with E-state index in [1.165, 1.54) is 29.9 Å². The summed E-state index contributed by atoms with van der Waals surface area (Å²) in [6.07, 6.45) is 2.70. The highest BCUT2D eigenvalue weighted by molar-refractivity contribution is 7.99. The maximum absolute atomic E-state index is 3.71. The van der Waals surface area contributed by atoms with Crippen molar-refractivity contribution in [3.63, 3.8) is 0 Å². The predicted molar refractivity (Wildman–Crippen MR) is 68.3 cm³/mol. The second-order valence-electron chi connectivity index (χ2n) is 4.21. The summed E-state index contributed by atoms with van der Waals surface area (Å²) in [5.74, 6) is 2.62. The van der Waals surface area contributed by atoms with Gasteiger partial charge in [0.15, 0.2) is 0 Å². The van der Waals surface area contributed by atoms with Crippen LogP contribution in [-0.2, 0) is 0 Å². The zero-order valence-corrected chi connectivity index (χ0v) is 10.1. The second kappa shape index (κ2) is 5.57. The summed E-state index contributed by atoms with van der Waals surface area (Å²) in [7, 11) is 0. The molecule has 1 aromatic carbocycles. The van der Waals surface area contributed by atoms with E-state index in [-0.39, 0.29) is 0 Å². The first-order valence-corrected chi connectivity index (χ1v) is 6.90.